The van der Waals surface area contributed by atoms with E-state index in [0.29, 0.717) is 5.69 Å². The number of halogens is 4. The molecule has 0 unspecified atom stereocenters. The van der Waals surface area contributed by atoms with E-state index < -0.39 is 11.7 Å². The number of rotatable bonds is 2. The number of hydrogen-bond donors (Lipinski definition) is 1. The fraction of sp³-hybridized carbons (Fsp3) is 0.154. The normalized spacial score (nSPS) is 11.4. The maximum Gasteiger partial charge on any atom is 0.417 e. The summed E-state index contributed by atoms with van der Waals surface area (Å²) in [4.78, 5) is 3.70. The van der Waals surface area contributed by atoms with Crippen LogP contribution in [-0.2, 0) is 6.18 Å². The molecule has 0 aliphatic carbocycles. The Hall–Kier alpha value is -1.75. The van der Waals surface area contributed by atoms with Crippen molar-refractivity contribution in [2.75, 3.05) is 5.32 Å². The van der Waals surface area contributed by atoms with E-state index in [1.165, 1.54) is 0 Å². The lowest BCUT2D eigenvalue weighted by atomic mass is 10.2. The molecule has 100 valence electrons. The first-order valence-electron chi connectivity index (χ1n) is 5.43. The average molecular weight is 287 g/mol. The molecule has 2 rings (SSSR count). The summed E-state index contributed by atoms with van der Waals surface area (Å²) in [6, 6.07) is 8.20. The van der Waals surface area contributed by atoms with E-state index in [9.17, 15) is 13.2 Å². The van der Waals surface area contributed by atoms with Crippen LogP contribution in [0.15, 0.2) is 36.5 Å². The molecule has 1 heterocycles. The molecule has 0 spiro atoms. The van der Waals surface area contributed by atoms with E-state index >= 15 is 0 Å². The molecule has 2 nitrogen and oxygen atoms in total. The van der Waals surface area contributed by atoms with Crippen molar-refractivity contribution in [1.82, 2.24) is 4.98 Å². The minimum atomic E-state index is -4.45. The van der Waals surface area contributed by atoms with Crippen molar-refractivity contribution in [3.63, 3.8) is 0 Å². The zero-order chi connectivity index (χ0) is 14.0. The van der Waals surface area contributed by atoms with Crippen molar-refractivity contribution in [2.45, 2.75) is 13.1 Å². The fourth-order valence-corrected chi connectivity index (χ4v) is 1.67. The predicted octanol–water partition coefficient (Wildman–Crippen LogP) is 4.81. The van der Waals surface area contributed by atoms with Crippen molar-refractivity contribution >= 4 is 23.1 Å². The number of nitrogens with one attached hydrogen (secondary N) is 1. The van der Waals surface area contributed by atoms with Crippen LogP contribution < -0.4 is 5.32 Å². The third kappa shape index (κ3) is 3.38. The topological polar surface area (TPSA) is 24.9 Å². The second kappa shape index (κ2) is 5.09. The van der Waals surface area contributed by atoms with E-state index in [1.54, 1.807) is 12.1 Å². The fourth-order valence-electron chi connectivity index (χ4n) is 1.46. The van der Waals surface area contributed by atoms with Gasteiger partial charge in [-0.25, -0.2) is 4.98 Å². The molecule has 1 aromatic carbocycles. The van der Waals surface area contributed by atoms with Gasteiger partial charge in [0, 0.05) is 11.9 Å². The van der Waals surface area contributed by atoms with Crippen LogP contribution in [0.5, 0.6) is 0 Å². The molecule has 19 heavy (non-hydrogen) atoms. The van der Waals surface area contributed by atoms with Gasteiger partial charge < -0.3 is 5.32 Å². The molecule has 6 heteroatoms. The third-order valence-corrected chi connectivity index (χ3v) is 2.77. The molecule has 0 aliphatic rings. The largest absolute Gasteiger partial charge is 0.417 e. The number of aryl methyl sites for hydroxylation is 1. The smallest absolute Gasteiger partial charge is 0.339 e. The number of anilines is 2. The van der Waals surface area contributed by atoms with Gasteiger partial charge in [0.25, 0.3) is 0 Å². The SMILES string of the molecule is Cc1ccc(Nc2ncc(C(F)(F)F)cc2Cl)cc1. The van der Waals surface area contributed by atoms with Gasteiger partial charge >= 0.3 is 6.18 Å². The molecule has 1 N–H and O–H groups in total. The van der Waals surface area contributed by atoms with Gasteiger partial charge in [0.2, 0.25) is 0 Å². The molecule has 1 aromatic heterocycles. The summed E-state index contributed by atoms with van der Waals surface area (Å²) in [5.41, 5.74) is 0.920. The first kappa shape index (κ1) is 13.7. The zero-order valence-electron chi connectivity index (χ0n) is 9.92. The molecule has 0 bridgehead atoms. The van der Waals surface area contributed by atoms with Gasteiger partial charge in [-0.1, -0.05) is 29.3 Å². The van der Waals surface area contributed by atoms with Gasteiger partial charge in [0.1, 0.15) is 5.82 Å². The second-order valence-electron chi connectivity index (χ2n) is 4.04. The van der Waals surface area contributed by atoms with E-state index in [0.717, 1.165) is 17.8 Å². The molecule has 0 aliphatic heterocycles. The van der Waals surface area contributed by atoms with Crippen molar-refractivity contribution in [2.24, 2.45) is 0 Å². The summed E-state index contributed by atoms with van der Waals surface area (Å²) in [6.45, 7) is 1.94. The Morgan fingerprint density at radius 2 is 1.79 bits per heavy atom. The molecule has 0 amide bonds. The molecule has 0 atom stereocenters. The number of benzene rings is 1. The molecular formula is C13H10ClF3N2. The lowest BCUT2D eigenvalue weighted by Crippen LogP contribution is -2.06. The molecule has 0 saturated heterocycles. The van der Waals surface area contributed by atoms with Crippen molar-refractivity contribution in [1.29, 1.82) is 0 Å². The maximum absolute atomic E-state index is 12.5. The Morgan fingerprint density at radius 1 is 1.16 bits per heavy atom. The molecule has 2 aromatic rings. The van der Waals surface area contributed by atoms with E-state index in [-0.39, 0.29) is 10.8 Å². The highest BCUT2D eigenvalue weighted by Crippen LogP contribution is 2.33. The number of pyridine rings is 1. The Labute approximate surface area is 113 Å². The van der Waals surface area contributed by atoms with Gasteiger partial charge in [0.05, 0.1) is 10.6 Å². The lowest BCUT2D eigenvalue weighted by molar-refractivity contribution is -0.137. The van der Waals surface area contributed by atoms with E-state index in [1.807, 2.05) is 19.1 Å². The Balaban J connectivity index is 2.24. The highest BCUT2D eigenvalue weighted by molar-refractivity contribution is 6.33. The number of alkyl halides is 3. The van der Waals surface area contributed by atoms with Crippen LogP contribution in [-0.4, -0.2) is 4.98 Å². The van der Waals surface area contributed by atoms with Crippen molar-refractivity contribution in [3.05, 3.63) is 52.7 Å². The summed E-state index contributed by atoms with van der Waals surface area (Å²) in [6.07, 6.45) is -3.69. The zero-order valence-corrected chi connectivity index (χ0v) is 10.7. The third-order valence-electron chi connectivity index (χ3n) is 2.48. The van der Waals surface area contributed by atoms with Gasteiger partial charge in [-0.15, -0.1) is 0 Å². The first-order valence-corrected chi connectivity index (χ1v) is 5.80. The number of nitrogens with zero attached hydrogens (tertiary/aromatic N) is 1. The molecular weight excluding hydrogens is 277 g/mol. The van der Waals surface area contributed by atoms with Gasteiger partial charge in [-0.3, -0.25) is 0 Å². The van der Waals surface area contributed by atoms with E-state index in [4.69, 9.17) is 11.6 Å². The summed E-state index contributed by atoms with van der Waals surface area (Å²) in [5.74, 6) is 0.193. The van der Waals surface area contributed by atoms with Crippen LogP contribution in [0.1, 0.15) is 11.1 Å². The molecule has 0 fully saturated rings. The molecule has 0 saturated carbocycles. The average Bonchev–Trinajstić information content (AvgIpc) is 2.33. The number of hydrogen-bond acceptors (Lipinski definition) is 2. The van der Waals surface area contributed by atoms with Crippen LogP contribution in [0.4, 0.5) is 24.7 Å². The number of aromatic nitrogens is 1. The highest BCUT2D eigenvalue weighted by atomic mass is 35.5. The summed E-state index contributed by atoms with van der Waals surface area (Å²) >= 11 is 5.79. The lowest BCUT2D eigenvalue weighted by Gasteiger charge is -2.10. The van der Waals surface area contributed by atoms with Crippen LogP contribution in [0.3, 0.4) is 0 Å². The summed E-state index contributed by atoms with van der Waals surface area (Å²) in [5, 5.41) is 2.79. The van der Waals surface area contributed by atoms with Crippen LogP contribution in [0.2, 0.25) is 5.02 Å². The standard InChI is InChI=1S/C13H10ClF3N2/c1-8-2-4-10(5-3-8)19-12-11(14)6-9(7-18-12)13(15,16)17/h2-7H,1H3,(H,18,19). The minimum absolute atomic E-state index is 0.0737. The second-order valence-corrected chi connectivity index (χ2v) is 4.45. The van der Waals surface area contributed by atoms with Crippen LogP contribution in [0.25, 0.3) is 0 Å². The monoisotopic (exact) mass is 286 g/mol. The predicted molar refractivity (Wildman–Crippen MR) is 68.7 cm³/mol. The Kier molecular flexibility index (Phi) is 3.66. The van der Waals surface area contributed by atoms with Crippen LogP contribution in [0, 0.1) is 6.92 Å². The summed E-state index contributed by atoms with van der Waals surface area (Å²) in [7, 11) is 0. The van der Waals surface area contributed by atoms with E-state index in [2.05, 4.69) is 10.3 Å². The Morgan fingerprint density at radius 3 is 2.32 bits per heavy atom. The minimum Gasteiger partial charge on any atom is -0.339 e. The highest BCUT2D eigenvalue weighted by Gasteiger charge is 2.31. The summed E-state index contributed by atoms with van der Waals surface area (Å²) < 4.78 is 37.4. The van der Waals surface area contributed by atoms with Gasteiger partial charge in [-0.2, -0.15) is 13.2 Å². The first-order chi connectivity index (χ1) is 8.86. The van der Waals surface area contributed by atoms with Crippen molar-refractivity contribution < 1.29 is 13.2 Å². The maximum atomic E-state index is 12.5. The van der Waals surface area contributed by atoms with Gasteiger partial charge in [-0.05, 0) is 25.1 Å². The van der Waals surface area contributed by atoms with Crippen molar-refractivity contribution in [3.8, 4) is 0 Å². The molecule has 0 radical (unpaired) electrons. The van der Waals surface area contributed by atoms with Gasteiger partial charge in [0.15, 0.2) is 0 Å². The van der Waals surface area contributed by atoms with Crippen LogP contribution >= 0.6 is 11.6 Å². The quantitative estimate of drug-likeness (QED) is 0.857. The Bertz CT molecular complexity index is 579.